The molecule has 36 heavy (non-hydrogen) atoms. The molecule has 0 saturated carbocycles. The van der Waals surface area contributed by atoms with E-state index in [1.54, 1.807) is 9.80 Å². The summed E-state index contributed by atoms with van der Waals surface area (Å²) in [5.74, 6) is -0.0494. The molecule has 8 nitrogen and oxygen atoms in total. The maximum atomic E-state index is 13.0. The smallest absolute Gasteiger partial charge is 0.331 e. The van der Waals surface area contributed by atoms with E-state index in [-0.39, 0.29) is 11.8 Å². The minimum absolute atomic E-state index is 0.0247. The summed E-state index contributed by atoms with van der Waals surface area (Å²) in [5.41, 5.74) is 3.24. The van der Waals surface area contributed by atoms with E-state index in [9.17, 15) is 9.59 Å². The predicted octanol–water partition coefficient (Wildman–Crippen LogP) is 3.74. The second kappa shape index (κ2) is 11.4. The molecule has 10 heteroatoms. The van der Waals surface area contributed by atoms with Crippen molar-refractivity contribution >= 4 is 28.9 Å². The van der Waals surface area contributed by atoms with Crippen LogP contribution in [0.25, 0.3) is 11.1 Å². The summed E-state index contributed by atoms with van der Waals surface area (Å²) in [6.07, 6.45) is 0. The highest BCUT2D eigenvalue weighted by molar-refractivity contribution is 6.64. The summed E-state index contributed by atoms with van der Waals surface area (Å²) < 4.78 is 23.3. The van der Waals surface area contributed by atoms with E-state index in [1.165, 1.54) is 0 Å². The molecule has 2 aliphatic rings. The van der Waals surface area contributed by atoms with Crippen molar-refractivity contribution in [1.82, 2.24) is 9.80 Å². The van der Waals surface area contributed by atoms with Crippen molar-refractivity contribution in [2.24, 2.45) is 0 Å². The molecule has 0 radical (unpaired) electrons. The number of amides is 2. The van der Waals surface area contributed by atoms with Crippen molar-refractivity contribution in [3.05, 3.63) is 59.7 Å². The molecular formula is C26H36N2O6Si2. The Morgan fingerprint density at radius 3 is 1.11 bits per heavy atom. The van der Waals surface area contributed by atoms with Crippen molar-refractivity contribution in [1.29, 1.82) is 0 Å². The summed E-state index contributed by atoms with van der Waals surface area (Å²) in [5, 5.41) is 0. The average molecular weight is 529 g/mol. The number of benzene rings is 2. The van der Waals surface area contributed by atoms with Crippen LogP contribution in [0.3, 0.4) is 0 Å². The number of hydrogen-bond donors (Lipinski definition) is 0. The molecule has 2 saturated heterocycles. The van der Waals surface area contributed by atoms with Gasteiger partial charge in [-0.15, -0.1) is 0 Å². The van der Waals surface area contributed by atoms with Gasteiger partial charge in [0, 0.05) is 37.3 Å². The SMILES string of the molecule is C[Si]1(C)OCCN(C(=O)c2ccc(-c3ccc(C(=O)N4CCO[Si](C)(C)OCC4)cc3)cc2)CCO1. The van der Waals surface area contributed by atoms with Gasteiger partial charge in [-0.25, -0.2) is 0 Å². The van der Waals surface area contributed by atoms with E-state index >= 15 is 0 Å². The zero-order valence-electron chi connectivity index (χ0n) is 21.6. The van der Waals surface area contributed by atoms with Crippen LogP contribution in [0, 0.1) is 0 Å². The molecule has 0 atom stereocenters. The van der Waals surface area contributed by atoms with Gasteiger partial charge in [0.25, 0.3) is 11.8 Å². The molecule has 0 bridgehead atoms. The lowest BCUT2D eigenvalue weighted by molar-refractivity contribution is 0.0590. The largest absolute Gasteiger partial charge is 0.393 e. The van der Waals surface area contributed by atoms with Crippen LogP contribution < -0.4 is 0 Å². The number of hydrogen-bond acceptors (Lipinski definition) is 6. The van der Waals surface area contributed by atoms with Gasteiger partial charge in [0.1, 0.15) is 0 Å². The molecule has 2 aliphatic heterocycles. The van der Waals surface area contributed by atoms with E-state index < -0.39 is 17.1 Å². The fourth-order valence-corrected chi connectivity index (χ4v) is 6.79. The highest BCUT2D eigenvalue weighted by Crippen LogP contribution is 2.22. The van der Waals surface area contributed by atoms with Gasteiger partial charge in [-0.2, -0.15) is 0 Å². The van der Waals surface area contributed by atoms with Gasteiger partial charge in [-0.3, -0.25) is 9.59 Å². The summed E-state index contributed by atoms with van der Waals surface area (Å²) in [4.78, 5) is 29.5. The Morgan fingerprint density at radius 2 is 0.833 bits per heavy atom. The number of nitrogens with zero attached hydrogens (tertiary/aromatic N) is 2. The first kappa shape index (κ1) is 26.7. The van der Waals surface area contributed by atoms with Gasteiger partial charge >= 0.3 is 17.1 Å². The second-order valence-electron chi connectivity index (χ2n) is 9.93. The van der Waals surface area contributed by atoms with Gasteiger partial charge in [0.05, 0.1) is 26.4 Å². The molecule has 194 valence electrons. The molecule has 2 heterocycles. The Kier molecular flexibility index (Phi) is 8.43. The fourth-order valence-electron chi connectivity index (χ4n) is 4.30. The first-order valence-electron chi connectivity index (χ1n) is 12.5. The number of carbonyl (C=O) groups excluding carboxylic acids is 2. The first-order valence-corrected chi connectivity index (χ1v) is 18.1. The zero-order valence-corrected chi connectivity index (χ0v) is 23.6. The molecule has 2 aromatic rings. The topological polar surface area (TPSA) is 77.5 Å². The van der Waals surface area contributed by atoms with Crippen LogP contribution in [0.2, 0.25) is 26.2 Å². The minimum atomic E-state index is -2.06. The third kappa shape index (κ3) is 6.90. The molecule has 0 aromatic heterocycles. The first-order chi connectivity index (χ1) is 17.1. The summed E-state index contributed by atoms with van der Waals surface area (Å²) in [7, 11) is -4.13. The molecule has 0 aliphatic carbocycles. The Bertz CT molecular complexity index is 950. The van der Waals surface area contributed by atoms with E-state index in [4.69, 9.17) is 17.7 Å². The van der Waals surface area contributed by atoms with Crippen LogP contribution in [-0.4, -0.2) is 91.3 Å². The number of rotatable bonds is 3. The van der Waals surface area contributed by atoms with E-state index in [1.807, 2.05) is 74.7 Å². The number of carbonyl (C=O) groups is 2. The van der Waals surface area contributed by atoms with Crippen LogP contribution >= 0.6 is 0 Å². The monoisotopic (exact) mass is 528 g/mol. The Labute approximate surface area is 215 Å². The quantitative estimate of drug-likeness (QED) is 0.565. The minimum Gasteiger partial charge on any atom is -0.393 e. The van der Waals surface area contributed by atoms with Gasteiger partial charge in [-0.1, -0.05) is 24.3 Å². The Hall–Kier alpha value is -2.35. The lowest BCUT2D eigenvalue weighted by Gasteiger charge is -2.31. The standard InChI is InChI=1S/C26H36N2O6Si2/c1-35(2)31-17-13-27(14-18-32-35)25(29)23-9-5-21(6-10-23)22-7-11-24(12-8-22)26(30)28-15-19-33-36(3,4)34-20-16-28/h5-12H,13-20H2,1-4H3. The molecule has 2 amide bonds. The van der Waals surface area contributed by atoms with Gasteiger partial charge < -0.3 is 27.5 Å². The van der Waals surface area contributed by atoms with Crippen molar-refractivity contribution < 1.29 is 27.3 Å². The van der Waals surface area contributed by atoms with Crippen molar-refractivity contribution in [2.45, 2.75) is 26.2 Å². The molecule has 0 spiro atoms. The third-order valence-corrected chi connectivity index (χ3v) is 10.0. The summed E-state index contributed by atoms with van der Waals surface area (Å²) in [6, 6.07) is 15.2. The summed E-state index contributed by atoms with van der Waals surface area (Å²) >= 11 is 0. The zero-order chi connectivity index (χ0) is 25.8. The fraction of sp³-hybridized carbons (Fsp3) is 0.462. The van der Waals surface area contributed by atoms with Gasteiger partial charge in [-0.05, 0) is 61.6 Å². The van der Waals surface area contributed by atoms with Crippen LogP contribution in [0.5, 0.6) is 0 Å². The molecular weight excluding hydrogens is 492 g/mol. The van der Waals surface area contributed by atoms with Crippen molar-refractivity contribution in [2.75, 3.05) is 52.6 Å². The Morgan fingerprint density at radius 1 is 0.556 bits per heavy atom. The third-order valence-electron chi connectivity index (χ3n) is 6.41. The molecule has 2 fully saturated rings. The molecule has 2 aromatic carbocycles. The summed E-state index contributed by atoms with van der Waals surface area (Å²) in [6.45, 7) is 12.3. The van der Waals surface area contributed by atoms with Crippen molar-refractivity contribution in [3.8, 4) is 11.1 Å². The molecule has 0 N–H and O–H groups in total. The van der Waals surface area contributed by atoms with E-state index in [0.29, 0.717) is 63.7 Å². The van der Waals surface area contributed by atoms with Crippen LogP contribution in [0.4, 0.5) is 0 Å². The van der Waals surface area contributed by atoms with Crippen LogP contribution in [-0.2, 0) is 17.7 Å². The van der Waals surface area contributed by atoms with E-state index in [0.717, 1.165) is 11.1 Å². The van der Waals surface area contributed by atoms with Crippen molar-refractivity contribution in [3.63, 3.8) is 0 Å². The Balaban J connectivity index is 1.37. The highest BCUT2D eigenvalue weighted by atomic mass is 28.4. The maximum Gasteiger partial charge on any atom is 0.331 e. The normalized spacial score (nSPS) is 20.6. The molecule has 4 rings (SSSR count). The highest BCUT2D eigenvalue weighted by Gasteiger charge is 2.29. The van der Waals surface area contributed by atoms with Crippen LogP contribution in [0.1, 0.15) is 20.7 Å². The van der Waals surface area contributed by atoms with Gasteiger partial charge in [0.15, 0.2) is 0 Å². The maximum absolute atomic E-state index is 13.0. The second-order valence-corrected chi connectivity index (χ2v) is 16.7. The van der Waals surface area contributed by atoms with E-state index in [2.05, 4.69) is 0 Å². The van der Waals surface area contributed by atoms with Crippen LogP contribution in [0.15, 0.2) is 48.5 Å². The van der Waals surface area contributed by atoms with Gasteiger partial charge in [0.2, 0.25) is 0 Å². The lowest BCUT2D eigenvalue weighted by atomic mass is 10.0. The predicted molar refractivity (Wildman–Crippen MR) is 142 cm³/mol. The average Bonchev–Trinajstić information content (AvgIpc) is 2.83. The molecule has 0 unspecified atom stereocenters. The lowest BCUT2D eigenvalue weighted by Crippen LogP contribution is -2.46.